The molecule has 4 heteroatoms. The first kappa shape index (κ1) is 12.1. The molecule has 2 rings (SSSR count). The molecule has 1 heterocycles. The zero-order valence-corrected chi connectivity index (χ0v) is 12.7. The maximum atomic E-state index is 5.76. The minimum absolute atomic E-state index is 0.624. The number of benzene rings is 1. The third-order valence-corrected chi connectivity index (χ3v) is 4.29. The standard InChI is InChI=1S/C12H10Br2OS/c1-8-4-9(13)2-3-12(8)15-6-11-5-10(14)7-16-11/h2-5,7H,6H2,1H3. The average molecular weight is 362 g/mol. The van der Waals surface area contributed by atoms with Crippen LogP contribution in [-0.4, -0.2) is 0 Å². The Morgan fingerprint density at radius 1 is 1.19 bits per heavy atom. The van der Waals surface area contributed by atoms with Gasteiger partial charge in [-0.1, -0.05) is 15.9 Å². The normalized spacial score (nSPS) is 10.4. The van der Waals surface area contributed by atoms with Crippen LogP contribution in [0.3, 0.4) is 0 Å². The minimum atomic E-state index is 0.624. The molecular formula is C12H10Br2OS. The van der Waals surface area contributed by atoms with Crippen molar-refractivity contribution in [1.29, 1.82) is 0 Å². The average Bonchev–Trinajstić information content (AvgIpc) is 2.63. The Labute approximate surface area is 116 Å². The van der Waals surface area contributed by atoms with Crippen molar-refractivity contribution < 1.29 is 4.74 Å². The Morgan fingerprint density at radius 2 is 2.00 bits per heavy atom. The number of ether oxygens (including phenoxy) is 1. The fourth-order valence-corrected chi connectivity index (χ4v) is 3.19. The molecule has 0 spiro atoms. The van der Waals surface area contributed by atoms with Crippen molar-refractivity contribution in [3.63, 3.8) is 0 Å². The van der Waals surface area contributed by atoms with Crippen molar-refractivity contribution >= 4 is 43.2 Å². The second kappa shape index (κ2) is 5.34. The number of aryl methyl sites for hydroxylation is 1. The summed E-state index contributed by atoms with van der Waals surface area (Å²) in [7, 11) is 0. The molecule has 0 radical (unpaired) electrons. The summed E-state index contributed by atoms with van der Waals surface area (Å²) in [5.41, 5.74) is 1.14. The van der Waals surface area contributed by atoms with Crippen LogP contribution in [0.4, 0.5) is 0 Å². The van der Waals surface area contributed by atoms with Gasteiger partial charge < -0.3 is 4.74 Å². The molecule has 0 aliphatic rings. The maximum Gasteiger partial charge on any atom is 0.122 e. The lowest BCUT2D eigenvalue weighted by molar-refractivity contribution is 0.307. The molecule has 1 nitrogen and oxygen atoms in total. The van der Waals surface area contributed by atoms with Gasteiger partial charge in [0.15, 0.2) is 0 Å². The van der Waals surface area contributed by atoms with Gasteiger partial charge in [0.25, 0.3) is 0 Å². The van der Waals surface area contributed by atoms with Crippen LogP contribution in [0.15, 0.2) is 38.6 Å². The van der Waals surface area contributed by atoms with E-state index < -0.39 is 0 Å². The molecule has 0 amide bonds. The quantitative estimate of drug-likeness (QED) is 0.733. The molecule has 1 aromatic carbocycles. The highest BCUT2D eigenvalue weighted by Gasteiger charge is 2.02. The first-order valence-electron chi connectivity index (χ1n) is 4.77. The SMILES string of the molecule is Cc1cc(Br)ccc1OCc1cc(Br)cs1. The first-order chi connectivity index (χ1) is 7.65. The molecule has 16 heavy (non-hydrogen) atoms. The van der Waals surface area contributed by atoms with E-state index in [0.717, 1.165) is 20.3 Å². The van der Waals surface area contributed by atoms with E-state index in [1.807, 2.05) is 19.1 Å². The molecule has 0 aliphatic carbocycles. The molecular weight excluding hydrogens is 352 g/mol. The monoisotopic (exact) mass is 360 g/mol. The van der Waals surface area contributed by atoms with Gasteiger partial charge >= 0.3 is 0 Å². The molecule has 0 atom stereocenters. The third kappa shape index (κ3) is 3.09. The third-order valence-electron chi connectivity index (χ3n) is 2.13. The summed E-state index contributed by atoms with van der Waals surface area (Å²) in [6.07, 6.45) is 0. The Balaban J connectivity index is 2.04. The van der Waals surface area contributed by atoms with E-state index in [9.17, 15) is 0 Å². The summed E-state index contributed by atoms with van der Waals surface area (Å²) in [4.78, 5) is 1.22. The second-order valence-corrected chi connectivity index (χ2v) is 6.26. The van der Waals surface area contributed by atoms with E-state index in [0.29, 0.717) is 6.61 Å². The van der Waals surface area contributed by atoms with Crippen molar-refractivity contribution in [1.82, 2.24) is 0 Å². The van der Waals surface area contributed by atoms with E-state index in [1.165, 1.54) is 4.88 Å². The van der Waals surface area contributed by atoms with Crippen molar-refractivity contribution in [2.45, 2.75) is 13.5 Å². The molecule has 0 aliphatic heterocycles. The summed E-state index contributed by atoms with van der Waals surface area (Å²) in [6, 6.07) is 8.12. The first-order valence-corrected chi connectivity index (χ1v) is 7.23. The summed E-state index contributed by atoms with van der Waals surface area (Å²) in [6.45, 7) is 2.67. The zero-order valence-electron chi connectivity index (χ0n) is 8.67. The lowest BCUT2D eigenvalue weighted by Crippen LogP contribution is -1.94. The van der Waals surface area contributed by atoms with Crippen LogP contribution in [0.25, 0.3) is 0 Å². The summed E-state index contributed by atoms with van der Waals surface area (Å²) in [5, 5.41) is 2.06. The van der Waals surface area contributed by atoms with Gasteiger partial charge in [-0.15, -0.1) is 11.3 Å². The zero-order chi connectivity index (χ0) is 11.5. The highest BCUT2D eigenvalue weighted by molar-refractivity contribution is 9.10. The molecule has 0 saturated heterocycles. The number of thiophene rings is 1. The van der Waals surface area contributed by atoms with Crippen LogP contribution in [0, 0.1) is 6.92 Å². The molecule has 0 saturated carbocycles. The Morgan fingerprint density at radius 3 is 2.62 bits per heavy atom. The second-order valence-electron chi connectivity index (χ2n) is 3.43. The van der Waals surface area contributed by atoms with Crippen LogP contribution < -0.4 is 4.74 Å². The van der Waals surface area contributed by atoms with Crippen LogP contribution in [0.1, 0.15) is 10.4 Å². The molecule has 0 bridgehead atoms. The number of rotatable bonds is 3. The van der Waals surface area contributed by atoms with Gasteiger partial charge in [0.2, 0.25) is 0 Å². The minimum Gasteiger partial charge on any atom is -0.488 e. The van der Waals surface area contributed by atoms with Crippen molar-refractivity contribution in [2.24, 2.45) is 0 Å². The van der Waals surface area contributed by atoms with Gasteiger partial charge in [0, 0.05) is 19.2 Å². The topological polar surface area (TPSA) is 9.23 Å². The molecule has 1 aromatic heterocycles. The lowest BCUT2D eigenvalue weighted by Gasteiger charge is -2.07. The number of hydrogen-bond donors (Lipinski definition) is 0. The van der Waals surface area contributed by atoms with Gasteiger partial charge in [-0.2, -0.15) is 0 Å². The van der Waals surface area contributed by atoms with E-state index in [2.05, 4.69) is 49.4 Å². The Bertz CT molecular complexity index is 494. The van der Waals surface area contributed by atoms with Gasteiger partial charge in [0.05, 0.1) is 0 Å². The largest absolute Gasteiger partial charge is 0.488 e. The van der Waals surface area contributed by atoms with Gasteiger partial charge in [-0.05, 0) is 52.7 Å². The van der Waals surface area contributed by atoms with E-state index in [4.69, 9.17) is 4.74 Å². The number of hydrogen-bond acceptors (Lipinski definition) is 2. The van der Waals surface area contributed by atoms with E-state index >= 15 is 0 Å². The molecule has 0 unspecified atom stereocenters. The van der Waals surface area contributed by atoms with Gasteiger partial charge in [0.1, 0.15) is 12.4 Å². The smallest absolute Gasteiger partial charge is 0.122 e. The van der Waals surface area contributed by atoms with Crippen LogP contribution in [0.5, 0.6) is 5.75 Å². The molecule has 0 fully saturated rings. The Hall–Kier alpha value is -0.320. The lowest BCUT2D eigenvalue weighted by atomic mass is 10.2. The predicted molar refractivity (Wildman–Crippen MR) is 75.2 cm³/mol. The number of halogens is 2. The molecule has 0 N–H and O–H groups in total. The van der Waals surface area contributed by atoms with E-state index in [1.54, 1.807) is 11.3 Å². The van der Waals surface area contributed by atoms with Crippen molar-refractivity contribution in [2.75, 3.05) is 0 Å². The summed E-state index contributed by atoms with van der Waals surface area (Å²) < 4.78 is 7.95. The summed E-state index contributed by atoms with van der Waals surface area (Å²) in [5.74, 6) is 0.938. The van der Waals surface area contributed by atoms with Crippen LogP contribution in [0.2, 0.25) is 0 Å². The fraction of sp³-hybridized carbons (Fsp3) is 0.167. The van der Waals surface area contributed by atoms with Crippen LogP contribution >= 0.6 is 43.2 Å². The Kier molecular flexibility index (Phi) is 4.05. The molecule has 84 valence electrons. The summed E-state index contributed by atoms with van der Waals surface area (Å²) >= 11 is 8.56. The van der Waals surface area contributed by atoms with Gasteiger partial charge in [-0.25, -0.2) is 0 Å². The fourth-order valence-electron chi connectivity index (χ4n) is 1.35. The maximum absolute atomic E-state index is 5.76. The van der Waals surface area contributed by atoms with Gasteiger partial charge in [-0.3, -0.25) is 0 Å². The van der Waals surface area contributed by atoms with Crippen molar-refractivity contribution in [3.8, 4) is 5.75 Å². The van der Waals surface area contributed by atoms with Crippen LogP contribution in [-0.2, 0) is 6.61 Å². The van der Waals surface area contributed by atoms with Crippen molar-refractivity contribution in [3.05, 3.63) is 49.0 Å². The highest BCUT2D eigenvalue weighted by Crippen LogP contribution is 2.25. The van der Waals surface area contributed by atoms with E-state index in [-0.39, 0.29) is 0 Å². The highest BCUT2D eigenvalue weighted by atomic mass is 79.9. The predicted octanol–water partition coefficient (Wildman–Crippen LogP) is 5.16. The molecule has 2 aromatic rings.